The first-order valence-corrected chi connectivity index (χ1v) is 12.9. The van der Waals surface area contributed by atoms with Gasteiger partial charge in [-0.2, -0.15) is 0 Å². The number of pyridine rings is 1. The van der Waals surface area contributed by atoms with Crippen LogP contribution < -0.4 is 0 Å². The highest BCUT2D eigenvalue weighted by Gasteiger charge is 2.15. The van der Waals surface area contributed by atoms with Crippen LogP contribution in [0.2, 0.25) is 0 Å². The minimum absolute atomic E-state index is 1.13. The molecular weight excluding hydrogens is 462 g/mol. The molecule has 0 saturated carbocycles. The lowest BCUT2D eigenvalue weighted by Crippen LogP contribution is -1.97. The van der Waals surface area contributed by atoms with Crippen LogP contribution in [0.15, 0.2) is 140 Å². The van der Waals surface area contributed by atoms with Gasteiger partial charge in [-0.25, -0.2) is 0 Å². The van der Waals surface area contributed by atoms with Crippen LogP contribution >= 0.6 is 0 Å². The minimum atomic E-state index is 1.13. The van der Waals surface area contributed by atoms with E-state index in [1.165, 1.54) is 43.8 Å². The molecule has 0 radical (unpaired) electrons. The SMILES string of the molecule is c1ccc(-c2ccc3c(c2)c2cnccc2n3-c2ccc(-n3c4ccccc4c4ccccc43)cc2)cc1. The molecular formula is C35H23N3. The lowest BCUT2D eigenvalue weighted by molar-refractivity contribution is 1.14. The molecule has 178 valence electrons. The summed E-state index contributed by atoms with van der Waals surface area (Å²) in [6, 6.07) is 45.6. The van der Waals surface area contributed by atoms with Crippen LogP contribution in [0.3, 0.4) is 0 Å². The Kier molecular flexibility index (Phi) is 4.52. The first kappa shape index (κ1) is 21.0. The van der Waals surface area contributed by atoms with E-state index in [1.54, 1.807) is 0 Å². The van der Waals surface area contributed by atoms with Crippen LogP contribution in [-0.2, 0) is 0 Å². The van der Waals surface area contributed by atoms with Crippen molar-refractivity contribution in [3.05, 3.63) is 140 Å². The van der Waals surface area contributed by atoms with Crippen molar-refractivity contribution in [2.75, 3.05) is 0 Å². The molecule has 3 aromatic heterocycles. The second kappa shape index (κ2) is 8.19. The summed E-state index contributed by atoms with van der Waals surface area (Å²) in [6.45, 7) is 0. The summed E-state index contributed by atoms with van der Waals surface area (Å²) in [4.78, 5) is 4.46. The molecule has 38 heavy (non-hydrogen) atoms. The Morgan fingerprint density at radius 3 is 1.61 bits per heavy atom. The van der Waals surface area contributed by atoms with Gasteiger partial charge in [0, 0.05) is 45.3 Å². The molecule has 0 spiro atoms. The predicted octanol–water partition coefficient (Wildman–Crippen LogP) is 8.94. The second-order valence-corrected chi connectivity index (χ2v) is 9.71. The lowest BCUT2D eigenvalue weighted by atomic mass is 10.0. The molecule has 3 heteroatoms. The van der Waals surface area contributed by atoms with Crippen LogP contribution in [0.1, 0.15) is 0 Å². The normalized spacial score (nSPS) is 11.7. The molecule has 0 aliphatic heterocycles. The van der Waals surface area contributed by atoms with Crippen molar-refractivity contribution in [3.8, 4) is 22.5 Å². The van der Waals surface area contributed by atoms with Gasteiger partial charge in [0.1, 0.15) is 0 Å². The van der Waals surface area contributed by atoms with E-state index >= 15 is 0 Å². The van der Waals surface area contributed by atoms with Gasteiger partial charge in [0.05, 0.1) is 22.1 Å². The van der Waals surface area contributed by atoms with Crippen LogP contribution in [0.5, 0.6) is 0 Å². The second-order valence-electron chi connectivity index (χ2n) is 9.71. The quantitative estimate of drug-likeness (QED) is 0.245. The van der Waals surface area contributed by atoms with Crippen molar-refractivity contribution >= 4 is 43.6 Å². The molecule has 8 rings (SSSR count). The monoisotopic (exact) mass is 485 g/mol. The number of para-hydroxylation sites is 2. The maximum Gasteiger partial charge on any atom is 0.0571 e. The summed E-state index contributed by atoms with van der Waals surface area (Å²) in [7, 11) is 0. The van der Waals surface area contributed by atoms with Crippen molar-refractivity contribution in [3.63, 3.8) is 0 Å². The van der Waals surface area contributed by atoms with Gasteiger partial charge in [-0.05, 0) is 65.7 Å². The number of benzene rings is 5. The van der Waals surface area contributed by atoms with Gasteiger partial charge >= 0.3 is 0 Å². The van der Waals surface area contributed by atoms with E-state index in [-0.39, 0.29) is 0 Å². The number of hydrogen-bond donors (Lipinski definition) is 0. The van der Waals surface area contributed by atoms with Crippen LogP contribution in [-0.4, -0.2) is 14.1 Å². The predicted molar refractivity (Wildman–Crippen MR) is 158 cm³/mol. The highest BCUT2D eigenvalue weighted by molar-refractivity contribution is 6.11. The smallest absolute Gasteiger partial charge is 0.0571 e. The van der Waals surface area contributed by atoms with Crippen molar-refractivity contribution < 1.29 is 0 Å². The highest BCUT2D eigenvalue weighted by Crippen LogP contribution is 2.36. The number of hydrogen-bond acceptors (Lipinski definition) is 1. The zero-order chi connectivity index (χ0) is 25.1. The van der Waals surface area contributed by atoms with Crippen molar-refractivity contribution in [1.29, 1.82) is 0 Å². The summed E-state index contributed by atoms with van der Waals surface area (Å²) in [5.41, 5.74) is 9.49. The Morgan fingerprint density at radius 2 is 0.947 bits per heavy atom. The van der Waals surface area contributed by atoms with Gasteiger partial charge in [0.2, 0.25) is 0 Å². The van der Waals surface area contributed by atoms with Gasteiger partial charge in [0.25, 0.3) is 0 Å². The van der Waals surface area contributed by atoms with E-state index in [0.717, 1.165) is 22.3 Å². The Balaban J connectivity index is 1.32. The third kappa shape index (κ3) is 3.06. The maximum atomic E-state index is 4.46. The van der Waals surface area contributed by atoms with E-state index in [1.807, 2.05) is 12.4 Å². The van der Waals surface area contributed by atoms with Crippen molar-refractivity contribution in [2.24, 2.45) is 0 Å². The molecule has 0 bridgehead atoms. The molecule has 3 heterocycles. The standard InChI is InChI=1S/C35H23N3/c1-2-8-24(9-3-1)25-14-19-34-30(22-25)31-23-36-21-20-35(31)38(34)27-17-15-26(16-18-27)37-32-12-6-4-10-28(32)29-11-5-7-13-33(29)37/h1-23H. The summed E-state index contributed by atoms with van der Waals surface area (Å²) in [5.74, 6) is 0. The molecule has 8 aromatic rings. The van der Waals surface area contributed by atoms with E-state index < -0.39 is 0 Å². The largest absolute Gasteiger partial charge is 0.309 e. The van der Waals surface area contributed by atoms with Crippen molar-refractivity contribution in [1.82, 2.24) is 14.1 Å². The van der Waals surface area contributed by atoms with Crippen LogP contribution in [0, 0.1) is 0 Å². The number of fused-ring (bicyclic) bond motifs is 6. The lowest BCUT2D eigenvalue weighted by Gasteiger charge is -2.12. The topological polar surface area (TPSA) is 22.8 Å². The zero-order valence-electron chi connectivity index (χ0n) is 20.6. The Morgan fingerprint density at radius 1 is 0.395 bits per heavy atom. The average molecular weight is 486 g/mol. The Labute approximate surface area is 219 Å². The summed E-state index contributed by atoms with van der Waals surface area (Å²) in [6.07, 6.45) is 3.86. The molecule has 0 fully saturated rings. The molecule has 0 unspecified atom stereocenters. The summed E-state index contributed by atoms with van der Waals surface area (Å²) >= 11 is 0. The highest BCUT2D eigenvalue weighted by atomic mass is 15.0. The van der Waals surface area contributed by atoms with E-state index in [4.69, 9.17) is 0 Å². The van der Waals surface area contributed by atoms with Gasteiger partial charge in [-0.3, -0.25) is 4.98 Å². The molecule has 0 atom stereocenters. The zero-order valence-corrected chi connectivity index (χ0v) is 20.6. The van der Waals surface area contributed by atoms with Crippen LogP contribution in [0.4, 0.5) is 0 Å². The van der Waals surface area contributed by atoms with Gasteiger partial charge in [-0.15, -0.1) is 0 Å². The number of nitrogens with zero attached hydrogens (tertiary/aromatic N) is 3. The van der Waals surface area contributed by atoms with Crippen LogP contribution in [0.25, 0.3) is 66.1 Å². The summed E-state index contributed by atoms with van der Waals surface area (Å²) in [5, 5.41) is 4.92. The molecule has 5 aromatic carbocycles. The molecule has 0 aliphatic carbocycles. The third-order valence-corrected chi connectivity index (χ3v) is 7.62. The first-order chi connectivity index (χ1) is 18.9. The molecule has 0 N–H and O–H groups in total. The van der Waals surface area contributed by atoms with Gasteiger partial charge in [-0.1, -0.05) is 72.8 Å². The molecule has 0 saturated heterocycles. The Bertz CT molecular complexity index is 2060. The Hall–Kier alpha value is -5.15. The maximum absolute atomic E-state index is 4.46. The van der Waals surface area contributed by atoms with Gasteiger partial charge in [0.15, 0.2) is 0 Å². The summed E-state index contributed by atoms with van der Waals surface area (Å²) < 4.78 is 4.70. The van der Waals surface area contributed by atoms with Gasteiger partial charge < -0.3 is 9.13 Å². The average Bonchev–Trinajstić information content (AvgIpc) is 3.50. The fourth-order valence-electron chi connectivity index (χ4n) is 5.91. The fourth-order valence-corrected chi connectivity index (χ4v) is 5.91. The first-order valence-electron chi connectivity index (χ1n) is 12.9. The third-order valence-electron chi connectivity index (χ3n) is 7.62. The van der Waals surface area contributed by atoms with E-state index in [2.05, 4.69) is 142 Å². The molecule has 3 nitrogen and oxygen atoms in total. The molecule has 0 amide bonds. The number of aromatic nitrogens is 3. The van der Waals surface area contributed by atoms with E-state index in [0.29, 0.717) is 0 Å². The number of rotatable bonds is 3. The minimum Gasteiger partial charge on any atom is -0.309 e. The molecule has 0 aliphatic rings. The van der Waals surface area contributed by atoms with E-state index in [9.17, 15) is 0 Å². The van der Waals surface area contributed by atoms with Crippen molar-refractivity contribution in [2.45, 2.75) is 0 Å². The fraction of sp³-hybridized carbons (Fsp3) is 0.